The minimum atomic E-state index is -0.324. The summed E-state index contributed by atoms with van der Waals surface area (Å²) in [6.45, 7) is 2.25. The Labute approximate surface area is 171 Å². The van der Waals surface area contributed by atoms with E-state index in [-0.39, 0.29) is 17.6 Å². The molecule has 3 rings (SSSR count). The van der Waals surface area contributed by atoms with Crippen molar-refractivity contribution in [1.82, 2.24) is 5.32 Å². The molecule has 3 aromatic rings. The van der Waals surface area contributed by atoms with E-state index in [0.717, 1.165) is 11.1 Å². The van der Waals surface area contributed by atoms with Crippen molar-refractivity contribution in [2.45, 2.75) is 13.3 Å². The Kier molecular flexibility index (Phi) is 6.44. The fraction of sp³-hybridized carbons (Fsp3) is 0.143. The maximum absolute atomic E-state index is 12.9. The van der Waals surface area contributed by atoms with Crippen LogP contribution in [0, 0.1) is 12.7 Å². The quantitative estimate of drug-likeness (QED) is 0.589. The summed E-state index contributed by atoms with van der Waals surface area (Å²) < 4.78 is 12.9. The summed E-state index contributed by atoms with van der Waals surface area (Å²) >= 11 is 7.25. The van der Waals surface area contributed by atoms with E-state index >= 15 is 0 Å². The molecule has 2 N–H and O–H groups in total. The molecule has 0 aliphatic rings. The maximum atomic E-state index is 12.9. The van der Waals surface area contributed by atoms with Gasteiger partial charge >= 0.3 is 0 Å². The number of thiophene rings is 1. The van der Waals surface area contributed by atoms with Crippen LogP contribution in [-0.4, -0.2) is 18.4 Å². The zero-order valence-corrected chi connectivity index (χ0v) is 16.7. The number of carbonyl (C=O) groups is 2. The third-order valence-corrected chi connectivity index (χ3v) is 5.57. The number of halogens is 2. The summed E-state index contributed by atoms with van der Waals surface area (Å²) in [5.41, 5.74) is 2.09. The number of amides is 2. The van der Waals surface area contributed by atoms with Crippen molar-refractivity contribution >= 4 is 39.8 Å². The molecular formula is C21H18ClFN2O2S. The molecule has 28 heavy (non-hydrogen) atoms. The molecular weight excluding hydrogens is 399 g/mol. The standard InChI is InChI=1S/C21H18ClFN2O2S/c1-13-12-18(25-20(26)16-4-2-3-5-17(16)22)28-19(13)21(27)24-11-10-14-6-8-15(23)9-7-14/h2-9,12H,10-11H2,1H3,(H,24,27)(H,25,26). The van der Waals surface area contributed by atoms with Crippen LogP contribution in [0.1, 0.15) is 31.2 Å². The van der Waals surface area contributed by atoms with Gasteiger partial charge in [-0.3, -0.25) is 9.59 Å². The van der Waals surface area contributed by atoms with E-state index in [0.29, 0.717) is 33.4 Å². The van der Waals surface area contributed by atoms with Gasteiger partial charge in [0, 0.05) is 6.54 Å². The molecule has 0 aliphatic heterocycles. The van der Waals surface area contributed by atoms with Gasteiger partial charge in [-0.05, 0) is 54.8 Å². The maximum Gasteiger partial charge on any atom is 0.261 e. The van der Waals surface area contributed by atoms with E-state index in [4.69, 9.17) is 11.6 Å². The zero-order chi connectivity index (χ0) is 20.1. The number of carbonyl (C=O) groups excluding carboxylic acids is 2. The lowest BCUT2D eigenvalue weighted by molar-refractivity contribution is 0.0956. The number of nitrogens with one attached hydrogen (secondary N) is 2. The average molecular weight is 417 g/mol. The molecule has 0 saturated heterocycles. The highest BCUT2D eigenvalue weighted by atomic mass is 35.5. The Hall–Kier alpha value is -2.70. The van der Waals surface area contributed by atoms with E-state index in [2.05, 4.69) is 10.6 Å². The van der Waals surface area contributed by atoms with Crippen LogP contribution >= 0.6 is 22.9 Å². The molecule has 0 saturated carbocycles. The molecule has 0 radical (unpaired) electrons. The van der Waals surface area contributed by atoms with Crippen LogP contribution in [0.3, 0.4) is 0 Å². The second-order valence-electron chi connectivity index (χ2n) is 6.19. The monoisotopic (exact) mass is 416 g/mol. The first-order valence-electron chi connectivity index (χ1n) is 8.63. The molecule has 7 heteroatoms. The fourth-order valence-corrected chi connectivity index (χ4v) is 3.85. The molecule has 144 valence electrons. The summed E-state index contributed by atoms with van der Waals surface area (Å²) in [6, 6.07) is 14.7. The first kappa shape index (κ1) is 20.0. The van der Waals surface area contributed by atoms with Crippen LogP contribution in [0.4, 0.5) is 9.39 Å². The van der Waals surface area contributed by atoms with Crippen molar-refractivity contribution in [3.05, 3.63) is 87.0 Å². The van der Waals surface area contributed by atoms with Crippen molar-refractivity contribution < 1.29 is 14.0 Å². The summed E-state index contributed by atoms with van der Waals surface area (Å²) in [7, 11) is 0. The van der Waals surface area contributed by atoms with Gasteiger partial charge in [0.1, 0.15) is 5.82 Å². The smallest absolute Gasteiger partial charge is 0.261 e. The highest BCUT2D eigenvalue weighted by Crippen LogP contribution is 2.27. The van der Waals surface area contributed by atoms with E-state index in [9.17, 15) is 14.0 Å². The van der Waals surface area contributed by atoms with E-state index in [1.807, 2.05) is 6.92 Å². The number of hydrogen-bond donors (Lipinski definition) is 2. The van der Waals surface area contributed by atoms with Gasteiger partial charge in [-0.15, -0.1) is 11.3 Å². The van der Waals surface area contributed by atoms with Crippen molar-refractivity contribution in [1.29, 1.82) is 0 Å². The zero-order valence-electron chi connectivity index (χ0n) is 15.1. The van der Waals surface area contributed by atoms with Crippen LogP contribution in [0.25, 0.3) is 0 Å². The minimum Gasteiger partial charge on any atom is -0.351 e. The van der Waals surface area contributed by atoms with Gasteiger partial charge in [0.15, 0.2) is 0 Å². The Morgan fingerprint density at radius 1 is 1.07 bits per heavy atom. The lowest BCUT2D eigenvalue weighted by atomic mass is 10.1. The van der Waals surface area contributed by atoms with E-state index in [1.165, 1.54) is 23.5 Å². The number of rotatable bonds is 6. The topological polar surface area (TPSA) is 58.2 Å². The number of hydrogen-bond acceptors (Lipinski definition) is 3. The molecule has 1 heterocycles. The van der Waals surface area contributed by atoms with Crippen molar-refractivity contribution in [3.8, 4) is 0 Å². The fourth-order valence-electron chi connectivity index (χ4n) is 2.65. The first-order chi connectivity index (χ1) is 13.4. The Morgan fingerprint density at radius 2 is 1.79 bits per heavy atom. The predicted molar refractivity (Wildman–Crippen MR) is 111 cm³/mol. The molecule has 0 bridgehead atoms. The Balaban J connectivity index is 1.59. The molecule has 2 amide bonds. The molecule has 0 fully saturated rings. The normalized spacial score (nSPS) is 10.5. The van der Waals surface area contributed by atoms with Crippen LogP contribution in [-0.2, 0) is 6.42 Å². The predicted octanol–water partition coefficient (Wildman–Crippen LogP) is 5.07. The minimum absolute atomic E-state index is 0.206. The van der Waals surface area contributed by atoms with Gasteiger partial charge < -0.3 is 10.6 Å². The lowest BCUT2D eigenvalue weighted by Gasteiger charge is -2.05. The summed E-state index contributed by atoms with van der Waals surface area (Å²) in [4.78, 5) is 25.3. The molecule has 4 nitrogen and oxygen atoms in total. The van der Waals surface area contributed by atoms with Gasteiger partial charge in [0.05, 0.1) is 20.5 Å². The SMILES string of the molecule is Cc1cc(NC(=O)c2ccccc2Cl)sc1C(=O)NCCc1ccc(F)cc1. The molecule has 0 unspecified atom stereocenters. The Bertz CT molecular complexity index is 1000. The third kappa shape index (κ3) is 4.97. The van der Waals surface area contributed by atoms with Gasteiger partial charge in [-0.2, -0.15) is 0 Å². The van der Waals surface area contributed by atoms with Gasteiger partial charge in [-0.1, -0.05) is 35.9 Å². The van der Waals surface area contributed by atoms with Crippen molar-refractivity contribution in [2.24, 2.45) is 0 Å². The molecule has 0 aliphatic carbocycles. The number of aryl methyl sites for hydroxylation is 1. The van der Waals surface area contributed by atoms with Gasteiger partial charge in [-0.25, -0.2) is 4.39 Å². The molecule has 0 spiro atoms. The second-order valence-corrected chi connectivity index (χ2v) is 7.65. The van der Waals surface area contributed by atoms with Gasteiger partial charge in [0.25, 0.3) is 11.8 Å². The van der Waals surface area contributed by atoms with E-state index < -0.39 is 0 Å². The number of benzene rings is 2. The van der Waals surface area contributed by atoms with Crippen molar-refractivity contribution in [2.75, 3.05) is 11.9 Å². The van der Waals surface area contributed by atoms with Crippen LogP contribution in [0.15, 0.2) is 54.6 Å². The average Bonchev–Trinajstić information content (AvgIpc) is 3.03. The third-order valence-electron chi connectivity index (χ3n) is 4.09. The van der Waals surface area contributed by atoms with E-state index in [1.54, 1.807) is 42.5 Å². The highest BCUT2D eigenvalue weighted by molar-refractivity contribution is 7.18. The Morgan fingerprint density at radius 3 is 2.50 bits per heavy atom. The summed E-state index contributed by atoms with van der Waals surface area (Å²) in [6.07, 6.45) is 0.604. The summed E-state index contributed by atoms with van der Waals surface area (Å²) in [5.74, 6) is -0.814. The van der Waals surface area contributed by atoms with Gasteiger partial charge in [0.2, 0.25) is 0 Å². The lowest BCUT2D eigenvalue weighted by Crippen LogP contribution is -2.25. The van der Waals surface area contributed by atoms with Crippen LogP contribution in [0.2, 0.25) is 5.02 Å². The van der Waals surface area contributed by atoms with Crippen LogP contribution in [0.5, 0.6) is 0 Å². The van der Waals surface area contributed by atoms with Crippen molar-refractivity contribution in [3.63, 3.8) is 0 Å². The molecule has 0 atom stereocenters. The molecule has 1 aromatic heterocycles. The first-order valence-corrected chi connectivity index (χ1v) is 9.82. The second kappa shape index (κ2) is 8.99. The largest absolute Gasteiger partial charge is 0.351 e. The number of anilines is 1. The molecule has 2 aromatic carbocycles. The summed E-state index contributed by atoms with van der Waals surface area (Å²) in [5, 5.41) is 6.58. The van der Waals surface area contributed by atoms with Crippen LogP contribution < -0.4 is 10.6 Å². The highest BCUT2D eigenvalue weighted by Gasteiger charge is 2.16.